The molecule has 148 valence electrons. The maximum atomic E-state index is 12.3. The van der Waals surface area contributed by atoms with Crippen LogP contribution >= 0.6 is 0 Å². The average molecular weight is 380 g/mol. The van der Waals surface area contributed by atoms with Crippen LogP contribution in [0.3, 0.4) is 0 Å². The molecule has 0 atom stereocenters. The molecule has 1 saturated heterocycles. The summed E-state index contributed by atoms with van der Waals surface area (Å²) in [6, 6.07) is 12.5. The average Bonchev–Trinajstić information content (AvgIpc) is 3.22. The van der Waals surface area contributed by atoms with Gasteiger partial charge in [-0.15, -0.1) is 0 Å². The van der Waals surface area contributed by atoms with Gasteiger partial charge in [-0.1, -0.05) is 43.2 Å². The molecule has 1 amide bonds. The first-order chi connectivity index (χ1) is 13.8. The zero-order chi connectivity index (χ0) is 19.2. The molecular formula is C22H29N5O. The Balaban J connectivity index is 1.29. The fraction of sp³-hybridized carbons (Fsp3) is 0.500. The molecule has 4 rings (SSSR count). The van der Waals surface area contributed by atoms with E-state index in [1.807, 2.05) is 6.07 Å². The van der Waals surface area contributed by atoms with Gasteiger partial charge in [-0.2, -0.15) is 0 Å². The zero-order valence-electron chi connectivity index (χ0n) is 16.4. The Labute approximate surface area is 167 Å². The summed E-state index contributed by atoms with van der Waals surface area (Å²) in [5, 5.41) is 2.96. The lowest BCUT2D eigenvalue weighted by molar-refractivity contribution is -0.117. The molecule has 0 radical (unpaired) electrons. The number of hydrogen-bond donors (Lipinski definition) is 1. The number of benzene rings is 1. The number of carbonyl (C=O) groups excluding carboxylic acids is 1. The van der Waals surface area contributed by atoms with Crippen molar-refractivity contribution < 1.29 is 4.79 Å². The minimum Gasteiger partial charge on any atom is -0.354 e. The Bertz CT molecular complexity index is 768. The van der Waals surface area contributed by atoms with E-state index in [1.54, 1.807) is 6.33 Å². The van der Waals surface area contributed by atoms with Gasteiger partial charge in [0, 0.05) is 45.2 Å². The van der Waals surface area contributed by atoms with Crippen LogP contribution in [-0.2, 0) is 11.3 Å². The Morgan fingerprint density at radius 2 is 1.79 bits per heavy atom. The van der Waals surface area contributed by atoms with Crippen LogP contribution in [-0.4, -0.2) is 47.0 Å². The van der Waals surface area contributed by atoms with E-state index >= 15 is 0 Å². The second-order valence-electron chi connectivity index (χ2n) is 7.91. The number of nitrogens with zero attached hydrogens (tertiary/aromatic N) is 4. The summed E-state index contributed by atoms with van der Waals surface area (Å²) in [4.78, 5) is 25.7. The van der Waals surface area contributed by atoms with Crippen LogP contribution in [0.4, 0.5) is 11.6 Å². The van der Waals surface area contributed by atoms with Gasteiger partial charge in [0.1, 0.15) is 18.0 Å². The van der Waals surface area contributed by atoms with Crippen molar-refractivity contribution in [3.8, 4) is 0 Å². The normalized spacial score (nSPS) is 18.4. The van der Waals surface area contributed by atoms with Crippen molar-refractivity contribution in [1.29, 1.82) is 0 Å². The van der Waals surface area contributed by atoms with E-state index < -0.39 is 0 Å². The van der Waals surface area contributed by atoms with E-state index in [1.165, 1.54) is 31.2 Å². The lowest BCUT2D eigenvalue weighted by Gasteiger charge is -2.35. The summed E-state index contributed by atoms with van der Waals surface area (Å²) in [5.41, 5.74) is 1.35. The highest BCUT2D eigenvalue weighted by molar-refractivity contribution is 5.90. The standard InChI is InChI=1S/C22H29N5O/c28-22(14-18-6-4-5-7-18)25-20-15-21(24-17-23-20)27-12-10-26(11-13-27)16-19-8-2-1-3-9-19/h1-3,8-9,15,17-18H,4-7,10-14,16H2,(H,23,24,25,28). The van der Waals surface area contributed by atoms with Crippen LogP contribution in [0.5, 0.6) is 0 Å². The summed E-state index contributed by atoms with van der Waals surface area (Å²) >= 11 is 0. The Morgan fingerprint density at radius 1 is 1.04 bits per heavy atom. The van der Waals surface area contributed by atoms with E-state index in [0.717, 1.165) is 38.5 Å². The number of aromatic nitrogens is 2. The zero-order valence-corrected chi connectivity index (χ0v) is 16.4. The molecule has 6 nitrogen and oxygen atoms in total. The highest BCUT2D eigenvalue weighted by Gasteiger charge is 2.20. The molecule has 1 aliphatic carbocycles. The van der Waals surface area contributed by atoms with Crippen molar-refractivity contribution in [3.63, 3.8) is 0 Å². The third kappa shape index (κ3) is 5.07. The van der Waals surface area contributed by atoms with Crippen LogP contribution in [0.15, 0.2) is 42.7 Å². The number of carbonyl (C=O) groups is 1. The van der Waals surface area contributed by atoms with Crippen LogP contribution in [0.25, 0.3) is 0 Å². The maximum Gasteiger partial charge on any atom is 0.225 e. The van der Waals surface area contributed by atoms with E-state index in [0.29, 0.717) is 18.2 Å². The Kier molecular flexibility index (Phi) is 6.17. The van der Waals surface area contributed by atoms with Crippen molar-refractivity contribution in [1.82, 2.24) is 14.9 Å². The first-order valence-electron chi connectivity index (χ1n) is 10.4. The minimum atomic E-state index is 0.0734. The van der Waals surface area contributed by atoms with Crippen LogP contribution < -0.4 is 10.2 Å². The molecule has 1 aromatic carbocycles. The Hall–Kier alpha value is -2.47. The van der Waals surface area contributed by atoms with Crippen molar-refractivity contribution in [3.05, 3.63) is 48.3 Å². The molecule has 0 bridgehead atoms. The third-order valence-corrected chi connectivity index (χ3v) is 5.81. The first-order valence-corrected chi connectivity index (χ1v) is 10.4. The van der Waals surface area contributed by atoms with Crippen molar-refractivity contribution in [2.75, 3.05) is 36.4 Å². The van der Waals surface area contributed by atoms with Gasteiger partial charge in [0.25, 0.3) is 0 Å². The molecule has 2 fully saturated rings. The van der Waals surface area contributed by atoms with Gasteiger partial charge in [0.05, 0.1) is 0 Å². The molecule has 1 aliphatic heterocycles. The number of hydrogen-bond acceptors (Lipinski definition) is 5. The van der Waals surface area contributed by atoms with Crippen LogP contribution in [0, 0.1) is 5.92 Å². The quantitative estimate of drug-likeness (QED) is 0.834. The second-order valence-corrected chi connectivity index (χ2v) is 7.91. The first kappa shape index (κ1) is 18.9. The maximum absolute atomic E-state index is 12.3. The summed E-state index contributed by atoms with van der Waals surface area (Å²) < 4.78 is 0. The Morgan fingerprint density at radius 3 is 2.54 bits per heavy atom. The topological polar surface area (TPSA) is 61.4 Å². The molecule has 28 heavy (non-hydrogen) atoms. The summed E-state index contributed by atoms with van der Waals surface area (Å²) in [6.07, 6.45) is 7.03. The van der Waals surface area contributed by atoms with E-state index in [4.69, 9.17) is 0 Å². The highest BCUT2D eigenvalue weighted by atomic mass is 16.1. The number of amides is 1. The molecule has 2 aliphatic rings. The molecule has 6 heteroatoms. The number of anilines is 2. The van der Waals surface area contributed by atoms with Crippen molar-refractivity contribution in [2.45, 2.75) is 38.6 Å². The second kappa shape index (κ2) is 9.15. The van der Waals surface area contributed by atoms with E-state index in [2.05, 4.69) is 55.4 Å². The van der Waals surface area contributed by atoms with Gasteiger partial charge in [0.2, 0.25) is 5.91 Å². The molecule has 1 aromatic heterocycles. The largest absolute Gasteiger partial charge is 0.354 e. The molecular weight excluding hydrogens is 350 g/mol. The fourth-order valence-electron chi connectivity index (χ4n) is 4.24. The fourth-order valence-corrected chi connectivity index (χ4v) is 4.24. The number of rotatable bonds is 6. The molecule has 2 heterocycles. The van der Waals surface area contributed by atoms with Gasteiger partial charge in [-0.25, -0.2) is 9.97 Å². The van der Waals surface area contributed by atoms with Gasteiger partial charge >= 0.3 is 0 Å². The highest BCUT2D eigenvalue weighted by Crippen LogP contribution is 2.27. The molecule has 2 aromatic rings. The van der Waals surface area contributed by atoms with Gasteiger partial charge in [-0.05, 0) is 24.3 Å². The van der Waals surface area contributed by atoms with Crippen molar-refractivity contribution in [2.24, 2.45) is 5.92 Å². The SMILES string of the molecule is O=C(CC1CCCC1)Nc1cc(N2CCN(Cc3ccccc3)CC2)ncn1. The lowest BCUT2D eigenvalue weighted by atomic mass is 10.0. The van der Waals surface area contributed by atoms with Crippen LogP contribution in [0.2, 0.25) is 0 Å². The lowest BCUT2D eigenvalue weighted by Crippen LogP contribution is -2.46. The predicted molar refractivity (Wildman–Crippen MR) is 111 cm³/mol. The van der Waals surface area contributed by atoms with Crippen molar-refractivity contribution >= 4 is 17.5 Å². The number of piperazine rings is 1. The predicted octanol–water partition coefficient (Wildman–Crippen LogP) is 3.32. The number of nitrogens with one attached hydrogen (secondary N) is 1. The van der Waals surface area contributed by atoms with Gasteiger partial charge < -0.3 is 10.2 Å². The van der Waals surface area contributed by atoms with Gasteiger partial charge in [-0.3, -0.25) is 9.69 Å². The third-order valence-electron chi connectivity index (χ3n) is 5.81. The van der Waals surface area contributed by atoms with Crippen LogP contribution in [0.1, 0.15) is 37.7 Å². The smallest absolute Gasteiger partial charge is 0.225 e. The summed E-state index contributed by atoms with van der Waals surface area (Å²) in [7, 11) is 0. The minimum absolute atomic E-state index is 0.0734. The van der Waals surface area contributed by atoms with Gasteiger partial charge in [0.15, 0.2) is 0 Å². The summed E-state index contributed by atoms with van der Waals surface area (Å²) in [6.45, 7) is 4.85. The molecule has 0 unspecified atom stereocenters. The molecule has 1 saturated carbocycles. The monoisotopic (exact) mass is 379 g/mol. The molecule has 0 spiro atoms. The molecule has 1 N–H and O–H groups in total. The van der Waals surface area contributed by atoms with E-state index in [9.17, 15) is 4.79 Å². The van der Waals surface area contributed by atoms with E-state index in [-0.39, 0.29) is 5.91 Å². The summed E-state index contributed by atoms with van der Waals surface area (Å²) in [5.74, 6) is 2.12.